The monoisotopic (exact) mass is 347 g/mol. The molecule has 5 N–H and O–H groups in total. The molecule has 21 heavy (non-hydrogen) atoms. The molecule has 1 atom stereocenters. The topological polar surface area (TPSA) is 73.3 Å². The molecule has 0 bridgehead atoms. The van der Waals surface area contributed by atoms with E-state index in [4.69, 9.17) is 16.3 Å². The van der Waals surface area contributed by atoms with Gasteiger partial charge in [0.15, 0.2) is 0 Å². The first kappa shape index (κ1) is 14.4. The van der Waals surface area contributed by atoms with Crippen molar-refractivity contribution in [2.45, 2.75) is 25.0 Å². The van der Waals surface area contributed by atoms with Crippen LogP contribution in [0, 0.1) is 0 Å². The van der Waals surface area contributed by atoms with Crippen molar-refractivity contribution in [1.82, 2.24) is 5.43 Å². The number of halogens is 1. The fourth-order valence-corrected chi connectivity index (χ4v) is 2.69. The molecule has 0 saturated heterocycles. The van der Waals surface area contributed by atoms with Gasteiger partial charge in [-0.3, -0.25) is 5.84 Å². The van der Waals surface area contributed by atoms with Gasteiger partial charge in [-0.15, -0.1) is 0 Å². The molecule has 3 rings (SSSR count). The van der Waals surface area contributed by atoms with Crippen LogP contribution in [0.4, 0.5) is 5.69 Å². The molecule has 4 nitrogen and oxygen atoms in total. The maximum absolute atomic E-state index is 6.08. The van der Waals surface area contributed by atoms with Crippen LogP contribution in [-0.4, -0.2) is 6.10 Å². The Morgan fingerprint density at radius 3 is 2.71 bits per heavy atom. The Bertz CT molecular complexity index is 643. The summed E-state index contributed by atoms with van der Waals surface area (Å²) in [6.45, 7) is 0. The normalized spacial score (nSPS) is 15.7. The molecule has 2 aromatic carbocycles. The Balaban J connectivity index is 1.93. The zero-order valence-corrected chi connectivity index (χ0v) is 13.1. The maximum atomic E-state index is 6.08. The van der Waals surface area contributed by atoms with Crippen molar-refractivity contribution < 1.29 is 4.74 Å². The van der Waals surface area contributed by atoms with Crippen molar-refractivity contribution in [2.24, 2.45) is 5.84 Å². The van der Waals surface area contributed by atoms with Gasteiger partial charge in [-0.1, -0.05) is 28.1 Å². The predicted molar refractivity (Wildman–Crippen MR) is 87.8 cm³/mol. The van der Waals surface area contributed by atoms with Gasteiger partial charge in [0.2, 0.25) is 0 Å². The second kappa shape index (κ2) is 6.05. The predicted octanol–water partition coefficient (Wildman–Crippen LogP) is 3.13. The molecule has 110 valence electrons. The molecule has 1 fully saturated rings. The SMILES string of the molecule is NNC(c1cccc(OC2CC2)c1)c1cc(Br)ccc1N. The molecule has 5 heteroatoms. The molecule has 1 aliphatic rings. The highest BCUT2D eigenvalue weighted by molar-refractivity contribution is 9.10. The van der Waals surface area contributed by atoms with Crippen molar-refractivity contribution in [3.05, 3.63) is 58.1 Å². The van der Waals surface area contributed by atoms with Gasteiger partial charge in [0.25, 0.3) is 0 Å². The van der Waals surface area contributed by atoms with E-state index in [9.17, 15) is 0 Å². The van der Waals surface area contributed by atoms with Crippen LogP contribution in [0.1, 0.15) is 30.0 Å². The number of hydrogen-bond donors (Lipinski definition) is 3. The lowest BCUT2D eigenvalue weighted by Gasteiger charge is -2.20. The third-order valence-corrected chi connectivity index (χ3v) is 4.04. The van der Waals surface area contributed by atoms with Gasteiger partial charge in [-0.05, 0) is 54.3 Å². The zero-order valence-electron chi connectivity index (χ0n) is 11.6. The average molecular weight is 348 g/mol. The molecule has 0 amide bonds. The average Bonchev–Trinajstić information content (AvgIpc) is 3.28. The number of nitrogen functional groups attached to an aromatic ring is 1. The number of benzene rings is 2. The van der Waals surface area contributed by atoms with Crippen LogP contribution >= 0.6 is 15.9 Å². The van der Waals surface area contributed by atoms with Crippen molar-refractivity contribution in [1.29, 1.82) is 0 Å². The minimum atomic E-state index is -0.176. The van der Waals surface area contributed by atoms with Crippen molar-refractivity contribution in [2.75, 3.05) is 5.73 Å². The Labute approximate surface area is 132 Å². The van der Waals surface area contributed by atoms with Gasteiger partial charge >= 0.3 is 0 Å². The van der Waals surface area contributed by atoms with Gasteiger partial charge in [0, 0.05) is 10.2 Å². The van der Waals surface area contributed by atoms with Crippen LogP contribution in [0.5, 0.6) is 5.75 Å². The second-order valence-corrected chi connectivity index (χ2v) is 6.18. The second-order valence-electron chi connectivity index (χ2n) is 5.26. The fraction of sp³-hybridized carbons (Fsp3) is 0.250. The summed E-state index contributed by atoms with van der Waals surface area (Å²) in [5.74, 6) is 6.64. The van der Waals surface area contributed by atoms with Gasteiger partial charge in [0.1, 0.15) is 5.75 Å². The standard InChI is InChI=1S/C16H18BrN3O/c17-11-4-7-15(18)14(9-11)16(20-19)10-2-1-3-13(8-10)21-12-5-6-12/h1-4,7-9,12,16,20H,5-6,18-19H2. The van der Waals surface area contributed by atoms with E-state index in [2.05, 4.69) is 21.4 Å². The van der Waals surface area contributed by atoms with E-state index in [0.717, 1.165) is 34.2 Å². The molecule has 0 aliphatic heterocycles. The van der Waals surface area contributed by atoms with Crippen LogP contribution in [0.3, 0.4) is 0 Å². The summed E-state index contributed by atoms with van der Waals surface area (Å²) in [6, 6.07) is 13.6. The highest BCUT2D eigenvalue weighted by Crippen LogP contribution is 2.32. The summed E-state index contributed by atoms with van der Waals surface area (Å²) >= 11 is 3.47. The first-order chi connectivity index (χ1) is 10.2. The lowest BCUT2D eigenvalue weighted by molar-refractivity contribution is 0.302. The Kier molecular flexibility index (Phi) is 4.14. The summed E-state index contributed by atoms with van der Waals surface area (Å²) in [4.78, 5) is 0. The third kappa shape index (κ3) is 3.37. The number of nitrogens with one attached hydrogen (secondary N) is 1. The van der Waals surface area contributed by atoms with Gasteiger partial charge in [0.05, 0.1) is 12.1 Å². The van der Waals surface area contributed by atoms with E-state index in [1.54, 1.807) is 0 Å². The number of nitrogens with two attached hydrogens (primary N) is 2. The highest BCUT2D eigenvalue weighted by atomic mass is 79.9. The van der Waals surface area contributed by atoms with E-state index in [-0.39, 0.29) is 6.04 Å². The number of hydrazine groups is 1. The fourth-order valence-electron chi connectivity index (χ4n) is 2.31. The van der Waals surface area contributed by atoms with Gasteiger partial charge in [-0.25, -0.2) is 5.43 Å². The Morgan fingerprint density at radius 1 is 1.19 bits per heavy atom. The zero-order chi connectivity index (χ0) is 14.8. The first-order valence-corrected chi connectivity index (χ1v) is 7.74. The van der Waals surface area contributed by atoms with Crippen LogP contribution in [-0.2, 0) is 0 Å². The van der Waals surface area contributed by atoms with E-state index >= 15 is 0 Å². The van der Waals surface area contributed by atoms with Crippen LogP contribution in [0.25, 0.3) is 0 Å². The van der Waals surface area contributed by atoms with E-state index in [1.807, 2.05) is 42.5 Å². The lowest BCUT2D eigenvalue weighted by atomic mass is 9.97. The summed E-state index contributed by atoms with van der Waals surface area (Å²) in [6.07, 6.45) is 2.66. The molecular weight excluding hydrogens is 330 g/mol. The van der Waals surface area contributed by atoms with Crippen LogP contribution < -0.4 is 21.7 Å². The van der Waals surface area contributed by atoms with Gasteiger partial charge < -0.3 is 10.5 Å². The largest absolute Gasteiger partial charge is 0.490 e. The minimum Gasteiger partial charge on any atom is -0.490 e. The third-order valence-electron chi connectivity index (χ3n) is 3.55. The number of ether oxygens (including phenoxy) is 1. The van der Waals surface area contributed by atoms with E-state index < -0.39 is 0 Å². The maximum Gasteiger partial charge on any atom is 0.120 e. The Morgan fingerprint density at radius 2 is 2.00 bits per heavy atom. The minimum absolute atomic E-state index is 0.176. The summed E-state index contributed by atoms with van der Waals surface area (Å²) in [5, 5.41) is 0. The lowest BCUT2D eigenvalue weighted by Crippen LogP contribution is -2.29. The van der Waals surface area contributed by atoms with E-state index in [0.29, 0.717) is 11.8 Å². The first-order valence-electron chi connectivity index (χ1n) is 6.95. The molecule has 2 aromatic rings. The van der Waals surface area contributed by atoms with Gasteiger partial charge in [-0.2, -0.15) is 0 Å². The van der Waals surface area contributed by atoms with Crippen LogP contribution in [0.15, 0.2) is 46.9 Å². The highest BCUT2D eigenvalue weighted by Gasteiger charge is 2.24. The summed E-state index contributed by atoms with van der Waals surface area (Å²) in [7, 11) is 0. The number of rotatable bonds is 5. The van der Waals surface area contributed by atoms with Crippen molar-refractivity contribution in [3.8, 4) is 5.75 Å². The molecule has 0 aromatic heterocycles. The number of anilines is 1. The van der Waals surface area contributed by atoms with E-state index in [1.165, 1.54) is 0 Å². The quantitative estimate of drug-likeness (QED) is 0.441. The molecular formula is C16H18BrN3O. The molecule has 1 saturated carbocycles. The smallest absolute Gasteiger partial charge is 0.120 e. The Hall–Kier alpha value is -1.56. The molecule has 0 heterocycles. The molecule has 1 aliphatic carbocycles. The molecule has 1 unspecified atom stereocenters. The summed E-state index contributed by atoms with van der Waals surface area (Å²) < 4.78 is 6.81. The van der Waals surface area contributed by atoms with Crippen molar-refractivity contribution in [3.63, 3.8) is 0 Å². The molecule has 0 radical (unpaired) electrons. The number of hydrogen-bond acceptors (Lipinski definition) is 4. The van der Waals surface area contributed by atoms with Crippen molar-refractivity contribution >= 4 is 21.6 Å². The summed E-state index contributed by atoms with van der Waals surface area (Å²) in [5.41, 5.74) is 11.6. The molecule has 0 spiro atoms. The van der Waals surface area contributed by atoms with Crippen LogP contribution in [0.2, 0.25) is 0 Å².